The first-order valence-electron chi connectivity index (χ1n) is 7.78. The van der Waals surface area contributed by atoms with Gasteiger partial charge in [0.05, 0.1) is 31.9 Å². The van der Waals surface area contributed by atoms with Crippen LogP contribution >= 0.6 is 0 Å². The van der Waals surface area contributed by atoms with Gasteiger partial charge >= 0.3 is 0 Å². The Hall–Kier alpha value is -2.87. The van der Waals surface area contributed by atoms with E-state index in [9.17, 15) is 8.42 Å². The van der Waals surface area contributed by atoms with Crippen molar-refractivity contribution in [3.8, 4) is 17.2 Å². The summed E-state index contributed by atoms with van der Waals surface area (Å²) < 4.78 is 43.2. The lowest BCUT2D eigenvalue weighted by molar-refractivity contribution is 0.324. The Labute approximate surface area is 152 Å². The first-order chi connectivity index (χ1) is 12.4. The highest BCUT2D eigenvalue weighted by molar-refractivity contribution is 7.92. The molecule has 26 heavy (non-hydrogen) atoms. The molecule has 1 heterocycles. The highest BCUT2D eigenvalue weighted by Crippen LogP contribution is 2.41. The van der Waals surface area contributed by atoms with Crippen molar-refractivity contribution >= 4 is 26.6 Å². The SMILES string of the molecule is COc1cc(N(C)S(=O)(=O)c2ccc3[nH]ccc3c2)cc(OC)c1OC. The molecule has 3 rings (SSSR count). The number of anilines is 1. The molecule has 0 fully saturated rings. The van der Waals surface area contributed by atoms with Crippen molar-refractivity contribution in [3.63, 3.8) is 0 Å². The number of nitrogens with zero attached hydrogens (tertiary/aromatic N) is 1. The van der Waals surface area contributed by atoms with E-state index in [4.69, 9.17) is 14.2 Å². The molecule has 0 spiro atoms. The van der Waals surface area contributed by atoms with Gasteiger partial charge in [0.1, 0.15) is 0 Å². The zero-order valence-electron chi connectivity index (χ0n) is 14.9. The Morgan fingerprint density at radius 3 is 2.15 bits per heavy atom. The average Bonchev–Trinajstić information content (AvgIpc) is 3.13. The minimum absolute atomic E-state index is 0.195. The molecule has 0 unspecified atom stereocenters. The summed E-state index contributed by atoms with van der Waals surface area (Å²) in [6.07, 6.45) is 1.77. The summed E-state index contributed by atoms with van der Waals surface area (Å²) >= 11 is 0. The zero-order valence-corrected chi connectivity index (χ0v) is 15.8. The van der Waals surface area contributed by atoms with Crippen molar-refractivity contribution in [1.29, 1.82) is 0 Å². The first kappa shape index (κ1) is 17.9. The monoisotopic (exact) mass is 376 g/mol. The summed E-state index contributed by atoms with van der Waals surface area (Å²) in [5.41, 5.74) is 1.27. The zero-order chi connectivity index (χ0) is 18.9. The Bertz CT molecular complexity index is 1020. The second-order valence-corrected chi connectivity index (χ2v) is 7.55. The standard InChI is InChI=1S/C18H20N2O5S/c1-20(13-10-16(23-2)18(25-4)17(11-13)24-3)26(21,22)14-5-6-15-12(9-14)7-8-19-15/h5-11,19H,1-4H3. The maximum Gasteiger partial charge on any atom is 0.264 e. The third-order valence-electron chi connectivity index (χ3n) is 4.20. The van der Waals surface area contributed by atoms with Crippen LogP contribution in [0.4, 0.5) is 5.69 Å². The molecule has 0 saturated heterocycles. The van der Waals surface area contributed by atoms with E-state index in [2.05, 4.69) is 4.98 Å². The summed E-state index contributed by atoms with van der Waals surface area (Å²) in [6.45, 7) is 0. The van der Waals surface area contributed by atoms with Gasteiger partial charge in [0.2, 0.25) is 5.75 Å². The molecular formula is C18H20N2O5S. The van der Waals surface area contributed by atoms with E-state index in [-0.39, 0.29) is 4.90 Å². The van der Waals surface area contributed by atoms with Crippen LogP contribution < -0.4 is 18.5 Å². The molecule has 0 aliphatic rings. The molecule has 0 aliphatic carbocycles. The van der Waals surface area contributed by atoms with Crippen LogP contribution in [0.25, 0.3) is 10.9 Å². The lowest BCUT2D eigenvalue weighted by Crippen LogP contribution is -2.26. The fourth-order valence-corrected chi connectivity index (χ4v) is 3.95. The number of methoxy groups -OCH3 is 3. The fraction of sp³-hybridized carbons (Fsp3) is 0.222. The van der Waals surface area contributed by atoms with Crippen LogP contribution in [-0.2, 0) is 10.0 Å². The van der Waals surface area contributed by atoms with Gasteiger partial charge in [-0.25, -0.2) is 8.42 Å². The lowest BCUT2D eigenvalue weighted by Gasteiger charge is -2.22. The summed E-state index contributed by atoms with van der Waals surface area (Å²) in [5, 5.41) is 0.823. The molecule has 3 aromatic rings. The van der Waals surface area contributed by atoms with Crippen molar-refractivity contribution in [2.45, 2.75) is 4.90 Å². The Kier molecular flexibility index (Phi) is 4.69. The predicted octanol–water partition coefficient (Wildman–Crippen LogP) is 3.02. The van der Waals surface area contributed by atoms with Gasteiger partial charge in [-0.2, -0.15) is 0 Å². The van der Waals surface area contributed by atoms with Crippen molar-refractivity contribution in [2.24, 2.45) is 0 Å². The minimum Gasteiger partial charge on any atom is -0.493 e. The van der Waals surface area contributed by atoms with Crippen LogP contribution in [0.5, 0.6) is 17.2 Å². The molecule has 1 aromatic heterocycles. The van der Waals surface area contributed by atoms with Crippen LogP contribution in [0.1, 0.15) is 0 Å². The van der Waals surface area contributed by atoms with E-state index in [0.29, 0.717) is 22.9 Å². The van der Waals surface area contributed by atoms with Gasteiger partial charge in [0, 0.05) is 36.3 Å². The normalized spacial score (nSPS) is 11.4. The summed E-state index contributed by atoms with van der Waals surface area (Å²) in [6, 6.07) is 9.96. The number of aromatic amines is 1. The van der Waals surface area contributed by atoms with Gasteiger partial charge in [0.15, 0.2) is 11.5 Å². The molecule has 0 amide bonds. The summed E-state index contributed by atoms with van der Waals surface area (Å²) in [4.78, 5) is 3.24. The smallest absolute Gasteiger partial charge is 0.264 e. The van der Waals surface area contributed by atoms with Gasteiger partial charge in [-0.05, 0) is 24.3 Å². The second kappa shape index (κ2) is 6.80. The van der Waals surface area contributed by atoms with Crippen molar-refractivity contribution in [1.82, 2.24) is 4.98 Å². The maximum atomic E-state index is 13.1. The molecular weight excluding hydrogens is 356 g/mol. The molecule has 8 heteroatoms. The Morgan fingerprint density at radius 2 is 1.58 bits per heavy atom. The van der Waals surface area contributed by atoms with E-state index in [1.807, 2.05) is 6.07 Å². The van der Waals surface area contributed by atoms with Gasteiger partial charge in [-0.3, -0.25) is 4.31 Å². The summed E-state index contributed by atoms with van der Waals surface area (Å²) in [7, 11) is 2.18. The van der Waals surface area contributed by atoms with Crippen molar-refractivity contribution < 1.29 is 22.6 Å². The van der Waals surface area contributed by atoms with E-state index < -0.39 is 10.0 Å². The number of sulfonamides is 1. The van der Waals surface area contributed by atoms with Crippen LogP contribution in [0, 0.1) is 0 Å². The molecule has 138 valence electrons. The number of ether oxygens (including phenoxy) is 3. The third kappa shape index (κ3) is 2.92. The van der Waals surface area contributed by atoms with E-state index in [0.717, 1.165) is 10.9 Å². The third-order valence-corrected chi connectivity index (χ3v) is 5.98. The molecule has 7 nitrogen and oxygen atoms in total. The van der Waals surface area contributed by atoms with Gasteiger partial charge in [-0.1, -0.05) is 0 Å². The largest absolute Gasteiger partial charge is 0.493 e. The van der Waals surface area contributed by atoms with Crippen molar-refractivity contribution in [2.75, 3.05) is 32.7 Å². The molecule has 0 atom stereocenters. The number of nitrogens with one attached hydrogen (secondary N) is 1. The van der Waals surface area contributed by atoms with Crippen LogP contribution in [0.3, 0.4) is 0 Å². The molecule has 0 aliphatic heterocycles. The number of hydrogen-bond acceptors (Lipinski definition) is 5. The van der Waals surface area contributed by atoms with Crippen LogP contribution in [0.15, 0.2) is 47.5 Å². The molecule has 0 radical (unpaired) electrons. The van der Waals surface area contributed by atoms with Gasteiger partial charge in [-0.15, -0.1) is 0 Å². The minimum atomic E-state index is -3.76. The number of H-pyrrole nitrogens is 1. The molecule has 0 saturated carbocycles. The number of fused-ring (bicyclic) bond motifs is 1. The number of aromatic nitrogens is 1. The molecule has 2 aromatic carbocycles. The molecule has 1 N–H and O–H groups in total. The quantitative estimate of drug-likeness (QED) is 0.715. The lowest BCUT2D eigenvalue weighted by atomic mass is 10.2. The summed E-state index contributed by atoms with van der Waals surface area (Å²) in [5.74, 6) is 1.16. The van der Waals surface area contributed by atoms with Gasteiger partial charge in [0.25, 0.3) is 10.0 Å². The van der Waals surface area contributed by atoms with Gasteiger partial charge < -0.3 is 19.2 Å². The highest BCUT2D eigenvalue weighted by Gasteiger charge is 2.24. The van der Waals surface area contributed by atoms with Crippen molar-refractivity contribution in [3.05, 3.63) is 42.6 Å². The number of benzene rings is 2. The maximum absolute atomic E-state index is 13.1. The fourth-order valence-electron chi connectivity index (χ4n) is 2.74. The van der Waals surface area contributed by atoms with Crippen LogP contribution in [-0.4, -0.2) is 41.8 Å². The highest BCUT2D eigenvalue weighted by atomic mass is 32.2. The Balaban J connectivity index is 2.08. The topological polar surface area (TPSA) is 80.9 Å². The first-order valence-corrected chi connectivity index (χ1v) is 9.22. The number of rotatable bonds is 6. The molecule has 0 bridgehead atoms. The number of hydrogen-bond donors (Lipinski definition) is 1. The van der Waals surface area contributed by atoms with E-state index in [1.54, 1.807) is 36.5 Å². The van der Waals surface area contributed by atoms with E-state index in [1.165, 1.54) is 32.7 Å². The average molecular weight is 376 g/mol. The second-order valence-electron chi connectivity index (χ2n) is 5.58. The van der Waals surface area contributed by atoms with Crippen LogP contribution in [0.2, 0.25) is 0 Å². The predicted molar refractivity (Wildman–Crippen MR) is 100.0 cm³/mol. The van der Waals surface area contributed by atoms with E-state index >= 15 is 0 Å². The Morgan fingerprint density at radius 1 is 0.923 bits per heavy atom.